The number of aliphatic hydroxyl groups is 1. The third kappa shape index (κ3) is 4.21. The summed E-state index contributed by atoms with van der Waals surface area (Å²) in [5.41, 5.74) is -0.299. The molecule has 1 aromatic carbocycles. The zero-order valence-electron chi connectivity index (χ0n) is 11.3. The molecule has 1 aromatic rings. The van der Waals surface area contributed by atoms with Crippen LogP contribution in [-0.4, -0.2) is 17.8 Å². The Morgan fingerprint density at radius 2 is 1.95 bits per heavy atom. The van der Waals surface area contributed by atoms with E-state index in [1.165, 1.54) is 12.1 Å². The third-order valence-corrected chi connectivity index (χ3v) is 3.83. The summed E-state index contributed by atoms with van der Waals surface area (Å²) in [4.78, 5) is 0. The molecule has 0 spiro atoms. The minimum atomic E-state index is -4.31. The van der Waals surface area contributed by atoms with Crippen LogP contribution in [0, 0.1) is 5.92 Å². The van der Waals surface area contributed by atoms with Gasteiger partial charge >= 0.3 is 6.18 Å². The molecule has 20 heavy (non-hydrogen) atoms. The second-order valence-electron chi connectivity index (χ2n) is 5.47. The molecule has 1 aliphatic rings. The number of halogens is 3. The summed E-state index contributed by atoms with van der Waals surface area (Å²) >= 11 is 0. The van der Waals surface area contributed by atoms with Crippen LogP contribution in [0.3, 0.4) is 0 Å². The van der Waals surface area contributed by atoms with Gasteiger partial charge in [0.2, 0.25) is 0 Å². The Morgan fingerprint density at radius 1 is 1.20 bits per heavy atom. The maximum atomic E-state index is 12.8. The Bertz CT molecular complexity index is 433. The molecule has 2 unspecified atom stereocenters. The van der Waals surface area contributed by atoms with Crippen molar-refractivity contribution >= 4 is 0 Å². The standard InChI is InChI=1S/C15H20F3NO/c16-15(17,18)14-7-2-1-5-12(14)10-19-9-11-4-3-6-13(20)8-11/h1-2,5,7,11,13,19-20H,3-4,6,8-10H2. The Labute approximate surface area is 117 Å². The lowest BCUT2D eigenvalue weighted by Gasteiger charge is -2.26. The first-order valence-electron chi connectivity index (χ1n) is 7.00. The smallest absolute Gasteiger partial charge is 0.393 e. The topological polar surface area (TPSA) is 32.3 Å². The zero-order valence-corrected chi connectivity index (χ0v) is 11.3. The molecule has 1 aliphatic carbocycles. The van der Waals surface area contributed by atoms with Crippen LogP contribution in [0.15, 0.2) is 24.3 Å². The highest BCUT2D eigenvalue weighted by Crippen LogP contribution is 2.31. The average Bonchev–Trinajstić information content (AvgIpc) is 2.38. The molecule has 0 saturated heterocycles. The van der Waals surface area contributed by atoms with E-state index in [0.717, 1.165) is 31.7 Å². The van der Waals surface area contributed by atoms with Crippen LogP contribution in [0.4, 0.5) is 13.2 Å². The number of hydrogen-bond acceptors (Lipinski definition) is 2. The SMILES string of the molecule is OC1CCCC(CNCc2ccccc2C(F)(F)F)C1. The van der Waals surface area contributed by atoms with Gasteiger partial charge in [0.05, 0.1) is 11.7 Å². The van der Waals surface area contributed by atoms with Crippen LogP contribution in [0.1, 0.15) is 36.8 Å². The Hall–Kier alpha value is -1.07. The molecule has 2 atom stereocenters. The van der Waals surface area contributed by atoms with Crippen molar-refractivity contribution in [3.63, 3.8) is 0 Å². The van der Waals surface area contributed by atoms with Gasteiger partial charge in [0, 0.05) is 6.54 Å². The van der Waals surface area contributed by atoms with E-state index >= 15 is 0 Å². The molecule has 0 aliphatic heterocycles. The average molecular weight is 287 g/mol. The molecule has 5 heteroatoms. The highest BCUT2D eigenvalue weighted by Gasteiger charge is 2.32. The van der Waals surface area contributed by atoms with E-state index in [1.807, 2.05) is 0 Å². The molecule has 0 heterocycles. The zero-order chi connectivity index (χ0) is 14.6. The molecule has 0 amide bonds. The lowest BCUT2D eigenvalue weighted by Crippen LogP contribution is -2.29. The van der Waals surface area contributed by atoms with Gasteiger partial charge in [-0.2, -0.15) is 13.2 Å². The maximum Gasteiger partial charge on any atom is 0.416 e. The van der Waals surface area contributed by atoms with Gasteiger partial charge in [-0.3, -0.25) is 0 Å². The molecule has 2 rings (SSSR count). The molecule has 112 valence electrons. The van der Waals surface area contributed by atoms with E-state index in [4.69, 9.17) is 0 Å². The fourth-order valence-electron chi connectivity index (χ4n) is 2.81. The second kappa shape index (κ2) is 6.59. The fourth-order valence-corrected chi connectivity index (χ4v) is 2.81. The number of benzene rings is 1. The Balaban J connectivity index is 1.88. The molecule has 2 N–H and O–H groups in total. The number of alkyl halides is 3. The molecule has 1 saturated carbocycles. The maximum absolute atomic E-state index is 12.8. The highest BCUT2D eigenvalue weighted by molar-refractivity contribution is 5.29. The summed E-state index contributed by atoms with van der Waals surface area (Å²) in [7, 11) is 0. The minimum absolute atomic E-state index is 0.211. The monoisotopic (exact) mass is 287 g/mol. The highest BCUT2D eigenvalue weighted by atomic mass is 19.4. The summed E-state index contributed by atoms with van der Waals surface area (Å²) in [6.07, 6.45) is -0.948. The quantitative estimate of drug-likeness (QED) is 0.890. The van der Waals surface area contributed by atoms with Crippen molar-refractivity contribution in [1.29, 1.82) is 0 Å². The van der Waals surface area contributed by atoms with E-state index in [1.54, 1.807) is 6.07 Å². The van der Waals surface area contributed by atoms with Gasteiger partial charge < -0.3 is 10.4 Å². The summed E-state index contributed by atoms with van der Waals surface area (Å²) < 4.78 is 38.5. The molecule has 1 fully saturated rings. The van der Waals surface area contributed by atoms with Crippen molar-refractivity contribution in [2.24, 2.45) is 5.92 Å². The Morgan fingerprint density at radius 3 is 2.65 bits per heavy atom. The molecule has 2 nitrogen and oxygen atoms in total. The minimum Gasteiger partial charge on any atom is -0.393 e. The number of hydrogen-bond donors (Lipinski definition) is 2. The number of nitrogens with one attached hydrogen (secondary N) is 1. The second-order valence-corrected chi connectivity index (χ2v) is 5.47. The van der Waals surface area contributed by atoms with Crippen molar-refractivity contribution in [2.45, 2.75) is 44.5 Å². The third-order valence-electron chi connectivity index (χ3n) is 3.83. The number of aliphatic hydroxyl groups excluding tert-OH is 1. The van der Waals surface area contributed by atoms with Crippen LogP contribution < -0.4 is 5.32 Å². The molecule has 0 bridgehead atoms. The first-order valence-corrected chi connectivity index (χ1v) is 7.00. The van der Waals surface area contributed by atoms with Crippen LogP contribution >= 0.6 is 0 Å². The van der Waals surface area contributed by atoms with Crippen LogP contribution in [0.2, 0.25) is 0 Å². The summed E-state index contributed by atoms with van der Waals surface area (Å²) in [6.45, 7) is 0.867. The van der Waals surface area contributed by atoms with E-state index in [2.05, 4.69) is 5.32 Å². The van der Waals surface area contributed by atoms with Crippen LogP contribution in [-0.2, 0) is 12.7 Å². The normalized spacial score (nSPS) is 23.8. The van der Waals surface area contributed by atoms with Crippen LogP contribution in [0.5, 0.6) is 0 Å². The lowest BCUT2D eigenvalue weighted by atomic mass is 9.87. The van der Waals surface area contributed by atoms with Crippen molar-refractivity contribution in [2.75, 3.05) is 6.54 Å². The first-order chi connectivity index (χ1) is 9.47. The van der Waals surface area contributed by atoms with Crippen LogP contribution in [0.25, 0.3) is 0 Å². The summed E-state index contributed by atoms with van der Waals surface area (Å²) in [5.74, 6) is 0.358. The predicted molar refractivity (Wildman–Crippen MR) is 71.1 cm³/mol. The number of rotatable bonds is 4. The van der Waals surface area contributed by atoms with Crippen molar-refractivity contribution in [1.82, 2.24) is 5.32 Å². The molecular formula is C15H20F3NO. The van der Waals surface area contributed by atoms with Gasteiger partial charge in [0.25, 0.3) is 0 Å². The lowest BCUT2D eigenvalue weighted by molar-refractivity contribution is -0.138. The predicted octanol–water partition coefficient (Wildman–Crippen LogP) is 3.35. The van der Waals surface area contributed by atoms with E-state index in [9.17, 15) is 18.3 Å². The summed E-state index contributed by atoms with van der Waals surface area (Å²) in [6, 6.07) is 5.65. The van der Waals surface area contributed by atoms with E-state index in [-0.39, 0.29) is 18.2 Å². The van der Waals surface area contributed by atoms with Crippen molar-refractivity contribution < 1.29 is 18.3 Å². The van der Waals surface area contributed by atoms with Crippen molar-refractivity contribution in [3.05, 3.63) is 35.4 Å². The van der Waals surface area contributed by atoms with E-state index < -0.39 is 11.7 Å². The van der Waals surface area contributed by atoms with Gasteiger partial charge in [0.15, 0.2) is 0 Å². The van der Waals surface area contributed by atoms with Gasteiger partial charge in [-0.05, 0) is 43.4 Å². The largest absolute Gasteiger partial charge is 0.416 e. The van der Waals surface area contributed by atoms with Gasteiger partial charge in [-0.1, -0.05) is 24.6 Å². The molecule has 0 aromatic heterocycles. The summed E-state index contributed by atoms with van der Waals surface area (Å²) in [5, 5.41) is 12.7. The Kier molecular flexibility index (Phi) is 5.05. The first kappa shape index (κ1) is 15.3. The van der Waals surface area contributed by atoms with E-state index in [0.29, 0.717) is 12.5 Å². The fraction of sp³-hybridized carbons (Fsp3) is 0.600. The molecule has 0 radical (unpaired) electrons. The molecular weight excluding hydrogens is 267 g/mol. The van der Waals surface area contributed by atoms with Gasteiger partial charge in [-0.25, -0.2) is 0 Å². The van der Waals surface area contributed by atoms with Gasteiger partial charge in [0.1, 0.15) is 0 Å². The van der Waals surface area contributed by atoms with Crippen molar-refractivity contribution in [3.8, 4) is 0 Å². The van der Waals surface area contributed by atoms with Gasteiger partial charge in [-0.15, -0.1) is 0 Å².